The van der Waals surface area contributed by atoms with Gasteiger partial charge in [-0.2, -0.15) is 0 Å². The van der Waals surface area contributed by atoms with Crippen LogP contribution in [0.1, 0.15) is 36.5 Å². The Kier molecular flexibility index (Phi) is 3.96. The zero-order valence-electron chi connectivity index (χ0n) is 11.9. The summed E-state index contributed by atoms with van der Waals surface area (Å²) in [6.07, 6.45) is 0.602. The molecule has 0 radical (unpaired) electrons. The number of aromatic nitrogens is 2. The predicted octanol–water partition coefficient (Wildman–Crippen LogP) is -0.00188. The zero-order valence-corrected chi connectivity index (χ0v) is 11.9. The van der Waals surface area contributed by atoms with Crippen molar-refractivity contribution in [2.45, 2.75) is 33.2 Å². The van der Waals surface area contributed by atoms with Gasteiger partial charge in [-0.25, -0.2) is 4.79 Å². The maximum absolute atomic E-state index is 12.5. The topological polar surface area (TPSA) is 98.1 Å². The Bertz CT molecular complexity index is 572. The van der Waals surface area contributed by atoms with Crippen LogP contribution in [0.15, 0.2) is 4.79 Å². The number of aryl methyl sites for hydroxylation is 1. The average Bonchev–Trinajstić information content (AvgIpc) is 2.70. The molecule has 2 amide bonds. The van der Waals surface area contributed by atoms with Crippen LogP contribution in [0.2, 0.25) is 0 Å². The Morgan fingerprint density at radius 1 is 1.35 bits per heavy atom. The molecule has 7 nitrogen and oxygen atoms in total. The number of carbonyl (C=O) groups is 2. The lowest BCUT2D eigenvalue weighted by atomic mass is 9.99. The number of hydrogen-bond acceptors (Lipinski definition) is 3. The van der Waals surface area contributed by atoms with Gasteiger partial charge >= 0.3 is 5.69 Å². The van der Waals surface area contributed by atoms with Crippen LogP contribution >= 0.6 is 0 Å². The molecule has 2 heterocycles. The molecule has 7 heteroatoms. The molecular weight excluding hydrogens is 260 g/mol. The summed E-state index contributed by atoms with van der Waals surface area (Å²) in [6.45, 7) is 6.57. The van der Waals surface area contributed by atoms with E-state index < -0.39 is 11.7 Å². The van der Waals surface area contributed by atoms with Gasteiger partial charge in [0.05, 0.1) is 0 Å². The minimum atomic E-state index is -0.478. The highest BCUT2D eigenvalue weighted by Crippen LogP contribution is 2.17. The van der Waals surface area contributed by atoms with Crippen LogP contribution < -0.4 is 11.0 Å². The minimum Gasteiger partial charge on any atom is -0.353 e. The first kappa shape index (κ1) is 14.4. The fourth-order valence-electron chi connectivity index (χ4n) is 2.47. The van der Waals surface area contributed by atoms with Crippen LogP contribution in [0.3, 0.4) is 0 Å². The summed E-state index contributed by atoms with van der Waals surface area (Å²) < 4.78 is 0. The number of nitrogens with zero attached hydrogens (tertiary/aromatic N) is 1. The summed E-state index contributed by atoms with van der Waals surface area (Å²) in [6, 6.07) is -0.478. The van der Waals surface area contributed by atoms with E-state index in [1.165, 1.54) is 0 Å². The Hall–Kier alpha value is -2.05. The summed E-state index contributed by atoms with van der Waals surface area (Å²) >= 11 is 0. The van der Waals surface area contributed by atoms with Gasteiger partial charge in [-0.05, 0) is 19.3 Å². The van der Waals surface area contributed by atoms with E-state index in [0.717, 1.165) is 0 Å². The Morgan fingerprint density at radius 3 is 2.60 bits per heavy atom. The highest BCUT2D eigenvalue weighted by molar-refractivity contribution is 5.97. The quantitative estimate of drug-likeness (QED) is 0.726. The molecule has 1 aromatic heterocycles. The van der Waals surface area contributed by atoms with E-state index >= 15 is 0 Å². The fraction of sp³-hybridized carbons (Fsp3) is 0.615. The normalized spacial score (nSPS) is 19.3. The number of carbonyl (C=O) groups excluding carboxylic acids is 2. The van der Waals surface area contributed by atoms with Crippen LogP contribution in [0.5, 0.6) is 0 Å². The second kappa shape index (κ2) is 5.52. The third-order valence-electron chi connectivity index (χ3n) is 3.41. The van der Waals surface area contributed by atoms with Crippen LogP contribution in [0.4, 0.5) is 0 Å². The minimum absolute atomic E-state index is 0.131. The first-order valence-corrected chi connectivity index (χ1v) is 6.77. The smallest absolute Gasteiger partial charge is 0.323 e. The second-order valence-corrected chi connectivity index (χ2v) is 5.51. The SMILES string of the molecule is Cc1[nH]c(=O)[nH]c1C(=O)N1CCNC(=O)[C@H]1CC(C)C. The zero-order chi connectivity index (χ0) is 14.9. The van der Waals surface area contributed by atoms with E-state index in [4.69, 9.17) is 0 Å². The van der Waals surface area contributed by atoms with Crippen molar-refractivity contribution in [1.29, 1.82) is 0 Å². The van der Waals surface area contributed by atoms with Gasteiger partial charge in [-0.1, -0.05) is 13.8 Å². The monoisotopic (exact) mass is 280 g/mol. The van der Waals surface area contributed by atoms with Crippen molar-refractivity contribution in [3.05, 3.63) is 21.9 Å². The van der Waals surface area contributed by atoms with Crippen LogP contribution in [-0.4, -0.2) is 45.8 Å². The van der Waals surface area contributed by atoms with Crippen LogP contribution in [-0.2, 0) is 4.79 Å². The number of nitrogens with one attached hydrogen (secondary N) is 3. The molecule has 0 unspecified atom stereocenters. The molecule has 0 aromatic carbocycles. The molecule has 1 aliphatic rings. The van der Waals surface area contributed by atoms with Crippen LogP contribution in [0.25, 0.3) is 0 Å². The van der Waals surface area contributed by atoms with E-state index in [1.54, 1.807) is 11.8 Å². The third kappa shape index (κ3) is 2.76. The Morgan fingerprint density at radius 2 is 2.05 bits per heavy atom. The van der Waals surface area contributed by atoms with E-state index in [1.807, 2.05) is 13.8 Å². The first-order valence-electron chi connectivity index (χ1n) is 6.77. The van der Waals surface area contributed by atoms with E-state index in [2.05, 4.69) is 15.3 Å². The van der Waals surface area contributed by atoms with Crippen molar-refractivity contribution in [2.75, 3.05) is 13.1 Å². The number of amides is 2. The van der Waals surface area contributed by atoms with Crippen molar-refractivity contribution >= 4 is 11.8 Å². The molecule has 1 atom stereocenters. The Balaban J connectivity index is 2.28. The van der Waals surface area contributed by atoms with E-state index in [-0.39, 0.29) is 17.5 Å². The maximum atomic E-state index is 12.5. The van der Waals surface area contributed by atoms with Crippen molar-refractivity contribution in [2.24, 2.45) is 5.92 Å². The van der Waals surface area contributed by atoms with Crippen molar-refractivity contribution in [3.8, 4) is 0 Å². The fourth-order valence-corrected chi connectivity index (χ4v) is 2.47. The lowest BCUT2D eigenvalue weighted by Gasteiger charge is -2.35. The van der Waals surface area contributed by atoms with Gasteiger partial charge in [0.2, 0.25) is 5.91 Å². The van der Waals surface area contributed by atoms with Gasteiger partial charge < -0.3 is 20.2 Å². The standard InChI is InChI=1S/C13H20N4O3/c1-7(2)6-9-11(18)14-4-5-17(9)12(19)10-8(3)15-13(20)16-10/h7,9H,4-6H2,1-3H3,(H,14,18)(H2,15,16,20)/t9-/m1/s1. The highest BCUT2D eigenvalue weighted by Gasteiger charge is 2.34. The van der Waals surface area contributed by atoms with E-state index in [0.29, 0.717) is 31.1 Å². The van der Waals surface area contributed by atoms with E-state index in [9.17, 15) is 14.4 Å². The molecule has 0 aliphatic carbocycles. The van der Waals surface area contributed by atoms with Crippen LogP contribution in [0, 0.1) is 12.8 Å². The summed E-state index contributed by atoms with van der Waals surface area (Å²) in [4.78, 5) is 42.3. The number of rotatable bonds is 3. The molecule has 20 heavy (non-hydrogen) atoms. The summed E-state index contributed by atoms with van der Waals surface area (Å²) in [5.74, 6) is -0.138. The first-order chi connectivity index (χ1) is 9.40. The molecule has 110 valence electrons. The molecule has 2 rings (SSSR count). The highest BCUT2D eigenvalue weighted by atomic mass is 16.2. The lowest BCUT2D eigenvalue weighted by Crippen LogP contribution is -2.57. The van der Waals surface area contributed by atoms with Crippen molar-refractivity contribution in [1.82, 2.24) is 20.2 Å². The largest absolute Gasteiger partial charge is 0.353 e. The van der Waals surface area contributed by atoms with Gasteiger partial charge in [0.25, 0.3) is 5.91 Å². The molecule has 3 N–H and O–H groups in total. The summed E-state index contributed by atoms with van der Waals surface area (Å²) in [5.41, 5.74) is 0.320. The molecular formula is C13H20N4O3. The lowest BCUT2D eigenvalue weighted by molar-refractivity contribution is -0.128. The van der Waals surface area contributed by atoms with Gasteiger partial charge in [0, 0.05) is 18.8 Å². The molecule has 0 spiro atoms. The number of aromatic amines is 2. The number of piperazine rings is 1. The van der Waals surface area contributed by atoms with Crippen molar-refractivity contribution < 1.29 is 9.59 Å². The Labute approximate surface area is 116 Å². The average molecular weight is 280 g/mol. The predicted molar refractivity (Wildman–Crippen MR) is 73.4 cm³/mol. The molecule has 1 aliphatic heterocycles. The third-order valence-corrected chi connectivity index (χ3v) is 3.41. The summed E-state index contributed by atoms with van der Waals surface area (Å²) in [7, 11) is 0. The van der Waals surface area contributed by atoms with Crippen molar-refractivity contribution in [3.63, 3.8) is 0 Å². The number of H-pyrrole nitrogens is 2. The van der Waals surface area contributed by atoms with Gasteiger partial charge in [-0.3, -0.25) is 9.59 Å². The molecule has 1 fully saturated rings. The van der Waals surface area contributed by atoms with Gasteiger partial charge in [-0.15, -0.1) is 0 Å². The number of hydrogen-bond donors (Lipinski definition) is 3. The van der Waals surface area contributed by atoms with Gasteiger partial charge in [0.15, 0.2) is 0 Å². The molecule has 1 aromatic rings. The molecule has 0 bridgehead atoms. The second-order valence-electron chi connectivity index (χ2n) is 5.51. The van der Waals surface area contributed by atoms with Gasteiger partial charge in [0.1, 0.15) is 11.7 Å². The summed E-state index contributed by atoms with van der Waals surface area (Å²) in [5, 5.41) is 2.78. The molecule has 0 saturated carbocycles. The molecule has 1 saturated heterocycles. The maximum Gasteiger partial charge on any atom is 0.323 e. The number of imidazole rings is 1.